The Morgan fingerprint density at radius 1 is 0.968 bits per heavy atom. The molecule has 1 saturated carbocycles. The Hall–Kier alpha value is -2.33. The molecule has 2 aromatic carbocycles. The quantitative estimate of drug-likeness (QED) is 0.655. The van der Waals surface area contributed by atoms with Crippen molar-refractivity contribution in [3.8, 4) is 0 Å². The number of fused-ring (bicyclic) bond motifs is 5. The second-order valence-electron chi connectivity index (χ2n) is 9.48. The number of carbonyl (C=O) groups excluding carboxylic acids is 2. The Morgan fingerprint density at radius 3 is 2.26 bits per heavy atom. The van der Waals surface area contributed by atoms with Crippen LogP contribution in [-0.4, -0.2) is 23.8 Å². The van der Waals surface area contributed by atoms with E-state index in [0.717, 1.165) is 40.7 Å². The summed E-state index contributed by atoms with van der Waals surface area (Å²) in [5, 5.41) is 0. The van der Waals surface area contributed by atoms with E-state index in [1.165, 1.54) is 11.6 Å². The molecule has 0 aromatic heterocycles. The fraction of sp³-hybridized carbons (Fsp3) is 0.481. The molecule has 2 bridgehead atoms. The molecule has 0 N–H and O–H groups in total. The van der Waals surface area contributed by atoms with Crippen LogP contribution < -0.4 is 0 Å². The Balaban J connectivity index is 1.55. The number of rotatable bonds is 4. The zero-order valence-electron chi connectivity index (χ0n) is 18.6. The zero-order chi connectivity index (χ0) is 22.0. The summed E-state index contributed by atoms with van der Waals surface area (Å²) in [5.41, 5.74) is 6.24. The van der Waals surface area contributed by atoms with Crippen LogP contribution in [-0.2, 0) is 27.2 Å². The number of ketones is 2. The average molecular weight is 421 g/mol. The highest BCUT2D eigenvalue weighted by atomic mass is 19.1. The molecule has 2 aromatic rings. The smallest absolute Gasteiger partial charge is 0.154 e. The number of ether oxygens (including phenoxy) is 1. The Morgan fingerprint density at radius 2 is 1.61 bits per heavy atom. The van der Waals surface area contributed by atoms with Crippen LogP contribution in [0.1, 0.15) is 65.5 Å². The Kier molecular flexibility index (Phi) is 4.89. The summed E-state index contributed by atoms with van der Waals surface area (Å²) in [4.78, 5) is 27.4. The molecule has 0 radical (unpaired) electrons. The first-order valence-electron chi connectivity index (χ1n) is 11.5. The van der Waals surface area contributed by atoms with E-state index >= 15 is 0 Å². The SMILES string of the molecule is CCc1cc(C)cc(CC)c1C1C(=O)[C@@H]2[C@@H]3O[C@@H](C[C@H]3c3cc(F)ccc3C)[C@@H]2C1=O. The second-order valence-corrected chi connectivity index (χ2v) is 9.48. The number of hydrogen-bond donors (Lipinski definition) is 0. The number of hydrogen-bond acceptors (Lipinski definition) is 3. The van der Waals surface area contributed by atoms with Crippen molar-refractivity contribution in [3.05, 3.63) is 69.5 Å². The molecular formula is C27H29FO3. The first-order chi connectivity index (χ1) is 14.8. The molecule has 1 aliphatic carbocycles. The number of aryl methyl sites for hydroxylation is 4. The van der Waals surface area contributed by atoms with Gasteiger partial charge in [-0.15, -0.1) is 0 Å². The molecule has 2 saturated heterocycles. The van der Waals surface area contributed by atoms with Gasteiger partial charge in [-0.05, 0) is 73.1 Å². The van der Waals surface area contributed by atoms with Crippen LogP contribution >= 0.6 is 0 Å². The number of carbonyl (C=O) groups is 2. The van der Waals surface area contributed by atoms with Gasteiger partial charge in [-0.1, -0.05) is 37.6 Å². The van der Waals surface area contributed by atoms with E-state index in [-0.39, 0.29) is 41.4 Å². The Bertz CT molecular complexity index is 1060. The van der Waals surface area contributed by atoms with Crippen LogP contribution in [0.25, 0.3) is 0 Å². The predicted molar refractivity (Wildman–Crippen MR) is 117 cm³/mol. The molecule has 5 rings (SSSR count). The van der Waals surface area contributed by atoms with Crippen LogP contribution in [0, 0.1) is 31.5 Å². The lowest BCUT2D eigenvalue weighted by Gasteiger charge is -2.27. The molecule has 31 heavy (non-hydrogen) atoms. The number of halogens is 1. The molecule has 162 valence electrons. The predicted octanol–water partition coefficient (Wildman–Crippen LogP) is 4.99. The average Bonchev–Trinajstić information content (AvgIpc) is 3.41. The first kappa shape index (κ1) is 20.6. The molecule has 0 spiro atoms. The van der Waals surface area contributed by atoms with E-state index in [1.807, 2.05) is 6.92 Å². The molecule has 1 unspecified atom stereocenters. The minimum atomic E-state index is -0.679. The maximum absolute atomic E-state index is 14.0. The van der Waals surface area contributed by atoms with E-state index in [0.29, 0.717) is 6.42 Å². The van der Waals surface area contributed by atoms with Crippen molar-refractivity contribution in [2.45, 2.75) is 71.0 Å². The normalized spacial score (nSPS) is 31.5. The van der Waals surface area contributed by atoms with Gasteiger partial charge in [0.05, 0.1) is 24.0 Å². The maximum Gasteiger partial charge on any atom is 0.154 e. The van der Waals surface area contributed by atoms with Crippen LogP contribution in [0.3, 0.4) is 0 Å². The highest BCUT2D eigenvalue weighted by Crippen LogP contribution is 2.57. The summed E-state index contributed by atoms with van der Waals surface area (Å²) in [6, 6.07) is 9.06. The van der Waals surface area contributed by atoms with Gasteiger partial charge in [0.15, 0.2) is 11.6 Å². The largest absolute Gasteiger partial charge is 0.373 e. The van der Waals surface area contributed by atoms with Gasteiger partial charge >= 0.3 is 0 Å². The summed E-state index contributed by atoms with van der Waals surface area (Å²) < 4.78 is 20.2. The van der Waals surface area contributed by atoms with Gasteiger partial charge in [0, 0.05) is 5.92 Å². The summed E-state index contributed by atoms with van der Waals surface area (Å²) in [6.45, 7) is 8.20. The summed E-state index contributed by atoms with van der Waals surface area (Å²) in [7, 11) is 0. The molecular weight excluding hydrogens is 391 g/mol. The molecule has 0 amide bonds. The maximum atomic E-state index is 14.0. The summed E-state index contributed by atoms with van der Waals surface area (Å²) in [6.07, 6.45) is 1.69. The van der Waals surface area contributed by atoms with Gasteiger partial charge in [-0.25, -0.2) is 4.39 Å². The van der Waals surface area contributed by atoms with Crippen molar-refractivity contribution in [2.75, 3.05) is 0 Å². The topological polar surface area (TPSA) is 43.4 Å². The highest BCUT2D eigenvalue weighted by molar-refractivity contribution is 6.17. The van der Waals surface area contributed by atoms with Crippen LogP contribution in [0.2, 0.25) is 0 Å². The highest BCUT2D eigenvalue weighted by Gasteiger charge is 2.66. The lowest BCUT2D eigenvalue weighted by molar-refractivity contribution is -0.127. The number of benzene rings is 2. The van der Waals surface area contributed by atoms with Gasteiger partial charge in [-0.2, -0.15) is 0 Å². The van der Waals surface area contributed by atoms with Gasteiger partial charge < -0.3 is 4.74 Å². The molecule has 3 fully saturated rings. The van der Waals surface area contributed by atoms with Gasteiger partial charge in [0.2, 0.25) is 0 Å². The van der Waals surface area contributed by atoms with E-state index in [4.69, 9.17) is 4.74 Å². The zero-order valence-corrected chi connectivity index (χ0v) is 18.6. The third-order valence-electron chi connectivity index (χ3n) is 7.77. The molecule has 6 atom stereocenters. The van der Waals surface area contributed by atoms with Gasteiger partial charge in [-0.3, -0.25) is 9.59 Å². The second kappa shape index (κ2) is 7.37. The molecule has 2 aliphatic heterocycles. The van der Waals surface area contributed by atoms with Crippen molar-refractivity contribution in [3.63, 3.8) is 0 Å². The van der Waals surface area contributed by atoms with Crippen LogP contribution in [0.4, 0.5) is 4.39 Å². The third kappa shape index (κ3) is 2.95. The van der Waals surface area contributed by atoms with Crippen molar-refractivity contribution in [1.29, 1.82) is 0 Å². The molecule has 3 nitrogen and oxygen atoms in total. The van der Waals surface area contributed by atoms with Crippen LogP contribution in [0.5, 0.6) is 0 Å². The van der Waals surface area contributed by atoms with E-state index in [1.54, 1.807) is 12.1 Å². The number of Topliss-reactive ketones (excluding diaryl/α,β-unsaturated/α-hetero) is 2. The fourth-order valence-corrected chi connectivity index (χ4v) is 6.47. The van der Waals surface area contributed by atoms with Gasteiger partial charge in [0.25, 0.3) is 0 Å². The van der Waals surface area contributed by atoms with Gasteiger partial charge in [0.1, 0.15) is 11.7 Å². The first-order valence-corrected chi connectivity index (χ1v) is 11.5. The van der Waals surface area contributed by atoms with Crippen molar-refractivity contribution in [1.82, 2.24) is 0 Å². The van der Waals surface area contributed by atoms with E-state index in [9.17, 15) is 14.0 Å². The monoisotopic (exact) mass is 420 g/mol. The molecule has 3 aliphatic rings. The lowest BCUT2D eigenvalue weighted by atomic mass is 9.72. The van der Waals surface area contributed by atoms with E-state index < -0.39 is 11.8 Å². The lowest BCUT2D eigenvalue weighted by Crippen LogP contribution is -2.34. The minimum Gasteiger partial charge on any atom is -0.373 e. The van der Waals surface area contributed by atoms with Crippen molar-refractivity contribution < 1.29 is 18.7 Å². The Labute approximate surface area is 183 Å². The summed E-state index contributed by atoms with van der Waals surface area (Å²) in [5.74, 6) is -1.72. The third-order valence-corrected chi connectivity index (χ3v) is 7.77. The molecule has 2 heterocycles. The van der Waals surface area contributed by atoms with Crippen molar-refractivity contribution in [2.24, 2.45) is 11.8 Å². The van der Waals surface area contributed by atoms with E-state index in [2.05, 4.69) is 32.9 Å². The summed E-state index contributed by atoms with van der Waals surface area (Å²) >= 11 is 0. The minimum absolute atomic E-state index is 0.00880. The standard InChI is InChI=1S/C27H29FO3/c1-5-15-9-13(3)10-16(6-2)21(15)23-25(29)22-20-12-19(27(31-20)24(22)26(23)30)18-11-17(28)8-7-14(18)4/h7-11,19-20,22-24,27H,5-6,12H2,1-4H3/t19-,20-,22-,23?,24+,27+/m0/s1. The van der Waals surface area contributed by atoms with Crippen LogP contribution in [0.15, 0.2) is 30.3 Å². The fourth-order valence-electron chi connectivity index (χ4n) is 6.47. The molecule has 4 heteroatoms. The van der Waals surface area contributed by atoms with Crippen molar-refractivity contribution >= 4 is 11.6 Å².